The van der Waals surface area contributed by atoms with Gasteiger partial charge in [-0.1, -0.05) is 28.1 Å². The van der Waals surface area contributed by atoms with E-state index in [0.29, 0.717) is 5.96 Å². The first kappa shape index (κ1) is 10.2. The third-order valence-electron chi connectivity index (χ3n) is 2.19. The van der Waals surface area contributed by atoms with Crippen molar-refractivity contribution in [3.05, 3.63) is 34.3 Å². The predicted molar refractivity (Wildman–Crippen MR) is 61.5 cm³/mol. The molecule has 1 atom stereocenters. The Kier molecular flexibility index (Phi) is 2.73. The van der Waals surface area contributed by atoms with Gasteiger partial charge in [0.1, 0.15) is 6.04 Å². The molecule has 78 valence electrons. The number of nitrogens with zero attached hydrogens (tertiary/aromatic N) is 1. The molecular formula is C10H10BrN3O. The Morgan fingerprint density at radius 1 is 1.47 bits per heavy atom. The number of carbonyl (C=O) groups is 1. The summed E-state index contributed by atoms with van der Waals surface area (Å²) in [5.74, 6) is 0.443. The Labute approximate surface area is 95.9 Å². The lowest BCUT2D eigenvalue weighted by Gasteiger charge is -2.07. The van der Waals surface area contributed by atoms with Crippen LogP contribution in [-0.2, 0) is 4.79 Å². The van der Waals surface area contributed by atoms with E-state index in [4.69, 9.17) is 0 Å². The highest BCUT2D eigenvalue weighted by molar-refractivity contribution is 9.10. The summed E-state index contributed by atoms with van der Waals surface area (Å²) in [7, 11) is 1.63. The minimum atomic E-state index is -0.346. The molecule has 0 saturated carbocycles. The first-order chi connectivity index (χ1) is 7.20. The molecule has 5 heteroatoms. The molecule has 0 aromatic heterocycles. The van der Waals surface area contributed by atoms with Gasteiger partial charge in [0.2, 0.25) is 0 Å². The van der Waals surface area contributed by atoms with E-state index >= 15 is 0 Å². The smallest absolute Gasteiger partial charge is 0.253 e. The zero-order valence-corrected chi connectivity index (χ0v) is 9.71. The van der Waals surface area contributed by atoms with Gasteiger partial charge in [-0.15, -0.1) is 0 Å². The molecule has 1 aliphatic rings. The molecule has 0 bridgehead atoms. The minimum Gasteiger partial charge on any atom is -0.340 e. The molecule has 1 aliphatic heterocycles. The van der Waals surface area contributed by atoms with Crippen LogP contribution < -0.4 is 10.6 Å². The number of halogens is 1. The first-order valence-corrected chi connectivity index (χ1v) is 5.29. The average Bonchev–Trinajstić information content (AvgIpc) is 2.60. The zero-order chi connectivity index (χ0) is 10.8. The maximum Gasteiger partial charge on any atom is 0.253 e. The largest absolute Gasteiger partial charge is 0.340 e. The molecule has 1 fully saturated rings. The average molecular weight is 268 g/mol. The number of nitrogens with one attached hydrogen (secondary N) is 2. The van der Waals surface area contributed by atoms with Crippen LogP contribution in [0.5, 0.6) is 0 Å². The van der Waals surface area contributed by atoms with Crippen molar-refractivity contribution in [1.82, 2.24) is 10.6 Å². The Bertz CT molecular complexity index is 430. The normalized spacial score (nSPS) is 22.7. The molecule has 1 amide bonds. The van der Waals surface area contributed by atoms with E-state index in [1.54, 1.807) is 7.05 Å². The highest BCUT2D eigenvalue weighted by atomic mass is 79.9. The van der Waals surface area contributed by atoms with Crippen LogP contribution in [0.1, 0.15) is 11.6 Å². The highest BCUT2D eigenvalue weighted by Gasteiger charge is 2.29. The lowest BCUT2D eigenvalue weighted by Crippen LogP contribution is -2.24. The predicted octanol–water partition coefficient (Wildman–Crippen LogP) is 1.20. The van der Waals surface area contributed by atoms with Gasteiger partial charge in [0.25, 0.3) is 5.91 Å². The third-order valence-corrected chi connectivity index (χ3v) is 2.68. The van der Waals surface area contributed by atoms with Crippen LogP contribution >= 0.6 is 15.9 Å². The molecule has 4 nitrogen and oxygen atoms in total. The minimum absolute atomic E-state index is 0.0753. The lowest BCUT2D eigenvalue weighted by molar-refractivity contribution is -0.120. The van der Waals surface area contributed by atoms with Crippen molar-refractivity contribution in [2.24, 2.45) is 4.99 Å². The van der Waals surface area contributed by atoms with E-state index in [0.717, 1.165) is 10.0 Å². The van der Waals surface area contributed by atoms with E-state index < -0.39 is 0 Å². The molecule has 2 N–H and O–H groups in total. The van der Waals surface area contributed by atoms with E-state index in [-0.39, 0.29) is 11.9 Å². The summed E-state index contributed by atoms with van der Waals surface area (Å²) in [6.07, 6.45) is 0. The van der Waals surface area contributed by atoms with Crippen molar-refractivity contribution in [3.8, 4) is 0 Å². The van der Waals surface area contributed by atoms with Gasteiger partial charge >= 0.3 is 0 Å². The van der Waals surface area contributed by atoms with Crippen molar-refractivity contribution in [1.29, 1.82) is 0 Å². The quantitative estimate of drug-likeness (QED) is 0.804. The van der Waals surface area contributed by atoms with Gasteiger partial charge < -0.3 is 5.32 Å². The molecule has 2 rings (SSSR count). The second-order valence-electron chi connectivity index (χ2n) is 3.19. The van der Waals surface area contributed by atoms with Crippen molar-refractivity contribution < 1.29 is 4.79 Å². The monoisotopic (exact) mass is 267 g/mol. The summed E-state index contributed by atoms with van der Waals surface area (Å²) < 4.78 is 0.955. The van der Waals surface area contributed by atoms with Crippen LogP contribution in [0.15, 0.2) is 33.7 Å². The zero-order valence-electron chi connectivity index (χ0n) is 8.12. The standard InChI is InChI=1S/C10H10BrN3O/c1-12-10-13-8(9(15)14-10)6-3-2-4-7(11)5-6/h2-5,8H,1H3,(H2,12,13,14,15). The molecule has 1 aromatic rings. The fraction of sp³-hybridized carbons (Fsp3) is 0.200. The Hall–Kier alpha value is -1.36. The van der Waals surface area contributed by atoms with Crippen LogP contribution in [0.2, 0.25) is 0 Å². The van der Waals surface area contributed by atoms with Crippen LogP contribution in [0, 0.1) is 0 Å². The van der Waals surface area contributed by atoms with Crippen LogP contribution in [0.4, 0.5) is 0 Å². The Morgan fingerprint density at radius 3 is 2.87 bits per heavy atom. The van der Waals surface area contributed by atoms with E-state index in [2.05, 4.69) is 31.6 Å². The summed E-state index contributed by atoms with van der Waals surface area (Å²) in [5.41, 5.74) is 0.917. The maximum absolute atomic E-state index is 11.6. The summed E-state index contributed by atoms with van der Waals surface area (Å²) in [4.78, 5) is 15.5. The molecule has 0 spiro atoms. The SMILES string of the molecule is CN=C1NC(=O)C(c2cccc(Br)c2)N1. The number of aliphatic imine (C=N–C) groups is 1. The van der Waals surface area contributed by atoms with Gasteiger partial charge in [-0.05, 0) is 17.7 Å². The maximum atomic E-state index is 11.6. The molecule has 0 aliphatic carbocycles. The summed E-state index contributed by atoms with van der Waals surface area (Å²) in [5, 5.41) is 5.66. The Morgan fingerprint density at radius 2 is 2.27 bits per heavy atom. The van der Waals surface area contributed by atoms with Crippen LogP contribution in [0.25, 0.3) is 0 Å². The van der Waals surface area contributed by atoms with Gasteiger partial charge in [-0.25, -0.2) is 0 Å². The van der Waals surface area contributed by atoms with Crippen molar-refractivity contribution >= 4 is 27.8 Å². The number of carbonyl (C=O) groups excluding carboxylic acids is 1. The van der Waals surface area contributed by atoms with Crippen LogP contribution in [-0.4, -0.2) is 18.9 Å². The van der Waals surface area contributed by atoms with Crippen molar-refractivity contribution in [2.45, 2.75) is 6.04 Å². The summed E-state index contributed by atoms with van der Waals surface area (Å²) >= 11 is 3.37. The lowest BCUT2D eigenvalue weighted by atomic mass is 10.1. The fourth-order valence-corrected chi connectivity index (χ4v) is 1.89. The van der Waals surface area contributed by atoms with Gasteiger partial charge in [-0.2, -0.15) is 0 Å². The molecule has 0 radical (unpaired) electrons. The van der Waals surface area contributed by atoms with Gasteiger partial charge in [0, 0.05) is 11.5 Å². The van der Waals surface area contributed by atoms with E-state index in [1.807, 2.05) is 24.3 Å². The molecule has 1 aromatic carbocycles. The number of benzene rings is 1. The summed E-state index contributed by atoms with van der Waals surface area (Å²) in [6, 6.07) is 7.29. The Balaban J connectivity index is 2.29. The van der Waals surface area contributed by atoms with Gasteiger partial charge in [0.15, 0.2) is 5.96 Å². The molecule has 1 unspecified atom stereocenters. The number of guanidine groups is 1. The number of amides is 1. The third kappa shape index (κ3) is 2.02. The number of hydrogen-bond donors (Lipinski definition) is 2. The second kappa shape index (κ2) is 4.02. The van der Waals surface area contributed by atoms with Crippen molar-refractivity contribution in [3.63, 3.8) is 0 Å². The van der Waals surface area contributed by atoms with Crippen molar-refractivity contribution in [2.75, 3.05) is 7.05 Å². The second-order valence-corrected chi connectivity index (χ2v) is 4.11. The van der Waals surface area contributed by atoms with Gasteiger partial charge in [0.05, 0.1) is 0 Å². The van der Waals surface area contributed by atoms with Crippen LogP contribution in [0.3, 0.4) is 0 Å². The molecule has 15 heavy (non-hydrogen) atoms. The van der Waals surface area contributed by atoms with E-state index in [9.17, 15) is 4.79 Å². The number of rotatable bonds is 1. The topological polar surface area (TPSA) is 53.5 Å². The molecular weight excluding hydrogens is 258 g/mol. The first-order valence-electron chi connectivity index (χ1n) is 4.50. The number of hydrogen-bond acceptors (Lipinski definition) is 2. The fourth-order valence-electron chi connectivity index (χ4n) is 1.47. The van der Waals surface area contributed by atoms with Gasteiger partial charge in [-0.3, -0.25) is 15.1 Å². The highest BCUT2D eigenvalue weighted by Crippen LogP contribution is 2.20. The van der Waals surface area contributed by atoms with E-state index in [1.165, 1.54) is 0 Å². The summed E-state index contributed by atoms with van der Waals surface area (Å²) in [6.45, 7) is 0. The molecule has 1 heterocycles. The molecule has 1 saturated heterocycles.